The van der Waals surface area contributed by atoms with Crippen LogP contribution in [0.2, 0.25) is 0 Å². The van der Waals surface area contributed by atoms with Gasteiger partial charge in [-0.2, -0.15) is 0 Å². The van der Waals surface area contributed by atoms with Crippen LogP contribution in [-0.4, -0.2) is 22.0 Å². The van der Waals surface area contributed by atoms with Gasteiger partial charge in [-0.15, -0.1) is 0 Å². The highest BCUT2D eigenvalue weighted by Crippen LogP contribution is 2.17. The van der Waals surface area contributed by atoms with Crippen molar-refractivity contribution in [3.63, 3.8) is 0 Å². The highest BCUT2D eigenvalue weighted by atomic mass is 16.1. The SMILES string of the molecule is Cc1ncn(-c2ccc(NC(=O)C(C)CCN)cc2)c1C. The van der Waals surface area contributed by atoms with Gasteiger partial charge in [-0.25, -0.2) is 4.98 Å². The molecule has 0 fully saturated rings. The van der Waals surface area contributed by atoms with E-state index in [1.807, 2.05) is 55.9 Å². The highest BCUT2D eigenvalue weighted by molar-refractivity contribution is 5.92. The summed E-state index contributed by atoms with van der Waals surface area (Å²) in [5.41, 5.74) is 9.43. The first-order chi connectivity index (χ1) is 10.0. The van der Waals surface area contributed by atoms with Gasteiger partial charge in [-0.3, -0.25) is 4.79 Å². The standard InChI is InChI=1S/C16H22N4O/c1-11(8-9-17)16(21)19-14-4-6-15(7-5-14)20-10-18-12(2)13(20)3/h4-7,10-11H,8-9,17H2,1-3H3,(H,19,21). The van der Waals surface area contributed by atoms with Crippen molar-refractivity contribution in [3.05, 3.63) is 42.0 Å². The van der Waals surface area contributed by atoms with E-state index < -0.39 is 0 Å². The topological polar surface area (TPSA) is 72.9 Å². The molecule has 21 heavy (non-hydrogen) atoms. The van der Waals surface area contributed by atoms with E-state index in [0.717, 1.165) is 22.8 Å². The number of rotatable bonds is 5. The normalized spacial score (nSPS) is 12.2. The van der Waals surface area contributed by atoms with Crippen LogP contribution in [0.3, 0.4) is 0 Å². The summed E-state index contributed by atoms with van der Waals surface area (Å²) in [7, 11) is 0. The third-order valence-electron chi connectivity index (χ3n) is 3.71. The van der Waals surface area contributed by atoms with Crippen LogP contribution >= 0.6 is 0 Å². The van der Waals surface area contributed by atoms with E-state index in [0.29, 0.717) is 13.0 Å². The number of carbonyl (C=O) groups is 1. The molecule has 1 aromatic carbocycles. The van der Waals surface area contributed by atoms with E-state index in [1.54, 1.807) is 0 Å². The molecule has 0 saturated carbocycles. The molecule has 1 unspecified atom stereocenters. The number of nitrogens with two attached hydrogens (primary N) is 1. The Morgan fingerprint density at radius 1 is 1.33 bits per heavy atom. The van der Waals surface area contributed by atoms with Crippen molar-refractivity contribution in [1.82, 2.24) is 9.55 Å². The van der Waals surface area contributed by atoms with Gasteiger partial charge < -0.3 is 15.6 Å². The number of imidazole rings is 1. The van der Waals surface area contributed by atoms with Crippen LogP contribution in [0.25, 0.3) is 5.69 Å². The van der Waals surface area contributed by atoms with Gasteiger partial charge in [0.15, 0.2) is 0 Å². The summed E-state index contributed by atoms with van der Waals surface area (Å²) in [5.74, 6) is -0.0731. The minimum Gasteiger partial charge on any atom is -0.330 e. The monoisotopic (exact) mass is 286 g/mol. The zero-order chi connectivity index (χ0) is 15.4. The molecule has 1 heterocycles. The first-order valence-corrected chi connectivity index (χ1v) is 7.15. The Kier molecular flexibility index (Phi) is 4.75. The molecule has 0 radical (unpaired) electrons. The number of benzene rings is 1. The molecule has 1 aromatic heterocycles. The van der Waals surface area contributed by atoms with Crippen LogP contribution in [0, 0.1) is 19.8 Å². The average molecular weight is 286 g/mol. The Bertz CT molecular complexity index is 616. The fraction of sp³-hybridized carbons (Fsp3) is 0.375. The Balaban J connectivity index is 2.09. The lowest BCUT2D eigenvalue weighted by molar-refractivity contribution is -0.119. The molecular formula is C16H22N4O. The molecule has 2 aromatic rings. The van der Waals surface area contributed by atoms with Crippen molar-refractivity contribution in [2.75, 3.05) is 11.9 Å². The Morgan fingerprint density at radius 2 is 2.00 bits per heavy atom. The summed E-state index contributed by atoms with van der Waals surface area (Å²) in [4.78, 5) is 16.2. The van der Waals surface area contributed by atoms with E-state index in [-0.39, 0.29) is 11.8 Å². The van der Waals surface area contributed by atoms with Crippen LogP contribution in [0.5, 0.6) is 0 Å². The van der Waals surface area contributed by atoms with E-state index >= 15 is 0 Å². The van der Waals surface area contributed by atoms with Gasteiger partial charge in [-0.05, 0) is 51.1 Å². The zero-order valence-corrected chi connectivity index (χ0v) is 12.8. The second-order valence-corrected chi connectivity index (χ2v) is 5.30. The molecule has 0 bridgehead atoms. The summed E-state index contributed by atoms with van der Waals surface area (Å²) in [6.45, 7) is 6.42. The van der Waals surface area contributed by atoms with E-state index in [1.165, 1.54) is 0 Å². The quantitative estimate of drug-likeness (QED) is 0.886. The Hall–Kier alpha value is -2.14. The average Bonchev–Trinajstić information content (AvgIpc) is 2.80. The Morgan fingerprint density at radius 3 is 2.52 bits per heavy atom. The molecule has 0 spiro atoms. The molecule has 0 aliphatic rings. The van der Waals surface area contributed by atoms with Crippen LogP contribution in [0.1, 0.15) is 24.7 Å². The van der Waals surface area contributed by atoms with Crippen molar-refractivity contribution >= 4 is 11.6 Å². The molecule has 1 amide bonds. The van der Waals surface area contributed by atoms with Gasteiger partial charge in [0.05, 0.1) is 12.0 Å². The lowest BCUT2D eigenvalue weighted by Crippen LogP contribution is -2.22. The predicted molar refractivity (Wildman–Crippen MR) is 84.5 cm³/mol. The van der Waals surface area contributed by atoms with E-state index in [4.69, 9.17) is 5.73 Å². The minimum absolute atomic E-state index is 0.00264. The number of aryl methyl sites for hydroxylation is 1. The molecule has 112 valence electrons. The maximum absolute atomic E-state index is 11.9. The van der Waals surface area contributed by atoms with Crippen LogP contribution < -0.4 is 11.1 Å². The molecule has 0 saturated heterocycles. The summed E-state index contributed by atoms with van der Waals surface area (Å²) in [5, 5.41) is 2.91. The zero-order valence-electron chi connectivity index (χ0n) is 12.8. The predicted octanol–water partition coefficient (Wildman–Crippen LogP) is 2.41. The van der Waals surface area contributed by atoms with Crippen molar-refractivity contribution in [1.29, 1.82) is 0 Å². The van der Waals surface area contributed by atoms with Gasteiger partial charge >= 0.3 is 0 Å². The number of nitrogens with one attached hydrogen (secondary N) is 1. The molecule has 1 atom stereocenters. The lowest BCUT2D eigenvalue weighted by Gasteiger charge is -2.12. The summed E-state index contributed by atoms with van der Waals surface area (Å²) in [6, 6.07) is 7.74. The van der Waals surface area contributed by atoms with Gasteiger partial charge in [0.2, 0.25) is 5.91 Å². The van der Waals surface area contributed by atoms with E-state index in [9.17, 15) is 4.79 Å². The van der Waals surface area contributed by atoms with Crippen molar-refractivity contribution in [3.8, 4) is 5.69 Å². The van der Waals surface area contributed by atoms with Crippen molar-refractivity contribution < 1.29 is 4.79 Å². The number of amides is 1. The second-order valence-electron chi connectivity index (χ2n) is 5.30. The van der Waals surface area contributed by atoms with Crippen LogP contribution in [-0.2, 0) is 4.79 Å². The van der Waals surface area contributed by atoms with Gasteiger partial charge in [-0.1, -0.05) is 6.92 Å². The van der Waals surface area contributed by atoms with Gasteiger partial charge in [0, 0.05) is 23.0 Å². The summed E-state index contributed by atoms with van der Waals surface area (Å²) >= 11 is 0. The maximum atomic E-state index is 11.9. The Labute approximate surface area is 125 Å². The van der Waals surface area contributed by atoms with Gasteiger partial charge in [0.1, 0.15) is 0 Å². The molecule has 0 aliphatic heterocycles. The fourth-order valence-electron chi connectivity index (χ4n) is 2.11. The van der Waals surface area contributed by atoms with E-state index in [2.05, 4.69) is 10.3 Å². The second kappa shape index (κ2) is 6.54. The van der Waals surface area contributed by atoms with Crippen molar-refractivity contribution in [2.24, 2.45) is 11.7 Å². The first kappa shape index (κ1) is 15.3. The lowest BCUT2D eigenvalue weighted by atomic mass is 10.1. The summed E-state index contributed by atoms with van der Waals surface area (Å²) < 4.78 is 2.03. The number of aromatic nitrogens is 2. The molecular weight excluding hydrogens is 264 g/mol. The third kappa shape index (κ3) is 3.49. The molecule has 5 nitrogen and oxygen atoms in total. The number of hydrogen-bond acceptors (Lipinski definition) is 3. The van der Waals surface area contributed by atoms with Crippen molar-refractivity contribution in [2.45, 2.75) is 27.2 Å². The number of nitrogens with zero attached hydrogens (tertiary/aromatic N) is 2. The van der Waals surface area contributed by atoms with Crippen LogP contribution in [0.15, 0.2) is 30.6 Å². The third-order valence-corrected chi connectivity index (χ3v) is 3.71. The number of anilines is 1. The number of hydrogen-bond donors (Lipinski definition) is 2. The summed E-state index contributed by atoms with van der Waals surface area (Å²) in [6.07, 6.45) is 2.50. The highest BCUT2D eigenvalue weighted by Gasteiger charge is 2.12. The smallest absolute Gasteiger partial charge is 0.227 e. The number of carbonyl (C=O) groups excluding carboxylic acids is 1. The fourth-order valence-corrected chi connectivity index (χ4v) is 2.11. The molecule has 3 N–H and O–H groups in total. The van der Waals surface area contributed by atoms with Gasteiger partial charge in [0.25, 0.3) is 0 Å². The maximum Gasteiger partial charge on any atom is 0.227 e. The largest absolute Gasteiger partial charge is 0.330 e. The van der Waals surface area contributed by atoms with Crippen LogP contribution in [0.4, 0.5) is 5.69 Å². The minimum atomic E-state index is -0.0757. The molecule has 5 heteroatoms. The first-order valence-electron chi connectivity index (χ1n) is 7.15. The molecule has 2 rings (SSSR count). The molecule has 0 aliphatic carbocycles.